The maximum absolute atomic E-state index is 13.8. The van der Waals surface area contributed by atoms with E-state index in [0.29, 0.717) is 45.3 Å². The van der Waals surface area contributed by atoms with Gasteiger partial charge in [0.2, 0.25) is 0 Å². The number of rotatable bonds is 10. The standard InChI is InChI=1S/C32H30N2O6S/c1-4-38-31(36)28-21(2)33-32-34(29(28)23-13-15-24(37-3)16-14-23)30(35)27(41-32)20-22-9-8-12-26(19-22)40-18-17-39-25-10-6-5-7-11-25/h5-16,19-20,29H,4,17-18H2,1-3H3/b27-20-/t29-/m1/s1. The molecule has 0 fully saturated rings. The molecule has 0 bridgehead atoms. The van der Waals surface area contributed by atoms with Crippen molar-refractivity contribution in [3.63, 3.8) is 0 Å². The Balaban J connectivity index is 1.45. The molecular weight excluding hydrogens is 540 g/mol. The number of nitrogens with zero attached hydrogens (tertiary/aromatic N) is 2. The predicted octanol–water partition coefficient (Wildman–Crippen LogP) is 4.26. The lowest BCUT2D eigenvalue weighted by Crippen LogP contribution is -2.39. The average Bonchev–Trinajstić information content (AvgIpc) is 3.29. The van der Waals surface area contributed by atoms with Gasteiger partial charge >= 0.3 is 5.97 Å². The molecule has 0 amide bonds. The normalized spacial score (nSPS) is 14.7. The second kappa shape index (κ2) is 12.7. The largest absolute Gasteiger partial charge is 0.497 e. The molecule has 0 saturated carbocycles. The fourth-order valence-electron chi connectivity index (χ4n) is 4.57. The van der Waals surface area contributed by atoms with E-state index in [-0.39, 0.29) is 12.2 Å². The minimum absolute atomic E-state index is 0.214. The van der Waals surface area contributed by atoms with Crippen LogP contribution in [-0.2, 0) is 9.53 Å². The van der Waals surface area contributed by atoms with Gasteiger partial charge in [-0.1, -0.05) is 53.8 Å². The van der Waals surface area contributed by atoms with E-state index >= 15 is 0 Å². The molecule has 2 heterocycles. The monoisotopic (exact) mass is 570 g/mol. The first kappa shape index (κ1) is 27.9. The average molecular weight is 571 g/mol. The highest BCUT2D eigenvalue weighted by atomic mass is 32.1. The summed E-state index contributed by atoms with van der Waals surface area (Å²) in [5.74, 6) is 1.63. The summed E-state index contributed by atoms with van der Waals surface area (Å²) in [6.45, 7) is 4.51. The number of fused-ring (bicyclic) bond motifs is 1. The molecule has 0 saturated heterocycles. The zero-order valence-corrected chi connectivity index (χ0v) is 23.9. The van der Waals surface area contributed by atoms with Crippen molar-refractivity contribution in [1.29, 1.82) is 0 Å². The Morgan fingerprint density at radius 2 is 1.66 bits per heavy atom. The predicted molar refractivity (Wildman–Crippen MR) is 157 cm³/mol. The maximum atomic E-state index is 13.8. The van der Waals surface area contributed by atoms with Crippen LogP contribution in [0.15, 0.2) is 99.9 Å². The van der Waals surface area contributed by atoms with Gasteiger partial charge in [-0.2, -0.15) is 0 Å². The molecule has 1 aliphatic rings. The highest BCUT2D eigenvalue weighted by molar-refractivity contribution is 7.07. The molecule has 8 nitrogen and oxygen atoms in total. The third kappa shape index (κ3) is 6.25. The van der Waals surface area contributed by atoms with Gasteiger partial charge in [-0.15, -0.1) is 0 Å². The van der Waals surface area contributed by atoms with E-state index in [1.54, 1.807) is 37.7 Å². The second-order valence-electron chi connectivity index (χ2n) is 9.16. The summed E-state index contributed by atoms with van der Waals surface area (Å²) in [6.07, 6.45) is 1.81. The van der Waals surface area contributed by atoms with Gasteiger partial charge in [-0.3, -0.25) is 9.36 Å². The Morgan fingerprint density at radius 1 is 0.951 bits per heavy atom. The van der Waals surface area contributed by atoms with Gasteiger partial charge in [0, 0.05) is 0 Å². The summed E-state index contributed by atoms with van der Waals surface area (Å²) in [5, 5.41) is 0. The fraction of sp³-hybridized carbons (Fsp3) is 0.219. The lowest BCUT2D eigenvalue weighted by Gasteiger charge is -2.24. The SMILES string of the molecule is CCOC(=O)C1=C(C)N=c2s/c(=C\c3cccc(OCCOc4ccccc4)c3)c(=O)n2[C@@H]1c1ccc(OC)cc1. The first-order chi connectivity index (χ1) is 20.0. The van der Waals surface area contributed by atoms with Crippen molar-refractivity contribution >= 4 is 23.4 Å². The van der Waals surface area contributed by atoms with Crippen LogP contribution < -0.4 is 29.1 Å². The summed E-state index contributed by atoms with van der Waals surface area (Å²) in [6, 6.07) is 23.7. The Labute approximate surface area is 241 Å². The number of hydrogen-bond acceptors (Lipinski definition) is 8. The van der Waals surface area contributed by atoms with Crippen molar-refractivity contribution in [3.05, 3.63) is 121 Å². The molecule has 1 atom stereocenters. The number of para-hydroxylation sites is 1. The number of carbonyl (C=O) groups excluding carboxylic acids is 1. The molecule has 0 N–H and O–H groups in total. The molecule has 210 valence electrons. The number of thiazole rings is 1. The highest BCUT2D eigenvalue weighted by Crippen LogP contribution is 2.31. The number of aromatic nitrogens is 1. The molecular formula is C32H30N2O6S. The van der Waals surface area contributed by atoms with Crippen LogP contribution in [0.4, 0.5) is 0 Å². The Bertz CT molecular complexity index is 1740. The van der Waals surface area contributed by atoms with Crippen LogP contribution in [0.2, 0.25) is 0 Å². The van der Waals surface area contributed by atoms with Gasteiger partial charge in [0.1, 0.15) is 30.5 Å². The molecule has 4 aromatic rings. The number of ether oxygens (including phenoxy) is 4. The fourth-order valence-corrected chi connectivity index (χ4v) is 5.62. The van der Waals surface area contributed by atoms with Crippen molar-refractivity contribution in [2.45, 2.75) is 19.9 Å². The van der Waals surface area contributed by atoms with Gasteiger partial charge in [0.25, 0.3) is 5.56 Å². The summed E-state index contributed by atoms with van der Waals surface area (Å²) < 4.78 is 24.3. The van der Waals surface area contributed by atoms with Crippen molar-refractivity contribution in [1.82, 2.24) is 4.57 Å². The van der Waals surface area contributed by atoms with Crippen LogP contribution in [0, 0.1) is 0 Å². The molecule has 0 spiro atoms. The first-order valence-electron chi connectivity index (χ1n) is 13.2. The van der Waals surface area contributed by atoms with Crippen LogP contribution in [-0.4, -0.2) is 37.5 Å². The second-order valence-corrected chi connectivity index (χ2v) is 10.2. The van der Waals surface area contributed by atoms with E-state index < -0.39 is 12.0 Å². The van der Waals surface area contributed by atoms with Gasteiger partial charge < -0.3 is 18.9 Å². The smallest absolute Gasteiger partial charge is 0.338 e. The molecule has 1 aromatic heterocycles. The molecule has 9 heteroatoms. The van der Waals surface area contributed by atoms with E-state index in [1.807, 2.05) is 72.8 Å². The van der Waals surface area contributed by atoms with Crippen LogP contribution in [0.5, 0.6) is 17.2 Å². The number of methoxy groups -OCH3 is 1. The molecule has 5 rings (SSSR count). The third-order valence-corrected chi connectivity index (χ3v) is 7.45. The Morgan fingerprint density at radius 3 is 2.37 bits per heavy atom. The molecule has 0 unspecified atom stereocenters. The number of hydrogen-bond donors (Lipinski definition) is 0. The van der Waals surface area contributed by atoms with Gasteiger partial charge in [0.05, 0.1) is 35.6 Å². The lowest BCUT2D eigenvalue weighted by molar-refractivity contribution is -0.139. The van der Waals surface area contributed by atoms with E-state index in [1.165, 1.54) is 11.3 Å². The van der Waals surface area contributed by atoms with Crippen molar-refractivity contribution in [2.24, 2.45) is 4.99 Å². The van der Waals surface area contributed by atoms with Gasteiger partial charge in [-0.05, 0) is 67.4 Å². The number of benzene rings is 3. The zero-order valence-electron chi connectivity index (χ0n) is 23.0. The topological polar surface area (TPSA) is 88.4 Å². The zero-order chi connectivity index (χ0) is 28.8. The maximum Gasteiger partial charge on any atom is 0.338 e. The minimum atomic E-state index is -0.683. The number of allylic oxidation sites excluding steroid dienone is 1. The summed E-state index contributed by atoms with van der Waals surface area (Å²) in [4.78, 5) is 32.0. The van der Waals surface area contributed by atoms with Crippen LogP contribution in [0.25, 0.3) is 6.08 Å². The van der Waals surface area contributed by atoms with Crippen LogP contribution >= 0.6 is 11.3 Å². The van der Waals surface area contributed by atoms with Crippen molar-refractivity contribution in [3.8, 4) is 17.2 Å². The van der Waals surface area contributed by atoms with E-state index in [4.69, 9.17) is 18.9 Å². The molecule has 3 aromatic carbocycles. The molecule has 0 aliphatic carbocycles. The van der Waals surface area contributed by atoms with Gasteiger partial charge in [0.15, 0.2) is 4.80 Å². The lowest BCUT2D eigenvalue weighted by atomic mass is 9.96. The van der Waals surface area contributed by atoms with Crippen molar-refractivity contribution in [2.75, 3.05) is 26.9 Å². The first-order valence-corrected chi connectivity index (χ1v) is 14.0. The molecule has 41 heavy (non-hydrogen) atoms. The van der Waals surface area contributed by atoms with E-state index in [0.717, 1.165) is 16.9 Å². The van der Waals surface area contributed by atoms with E-state index in [9.17, 15) is 9.59 Å². The van der Waals surface area contributed by atoms with E-state index in [2.05, 4.69) is 4.99 Å². The minimum Gasteiger partial charge on any atom is -0.497 e. The van der Waals surface area contributed by atoms with Gasteiger partial charge in [-0.25, -0.2) is 9.79 Å². The summed E-state index contributed by atoms with van der Waals surface area (Å²) in [5.41, 5.74) is 2.17. The summed E-state index contributed by atoms with van der Waals surface area (Å²) in [7, 11) is 1.59. The van der Waals surface area contributed by atoms with Crippen molar-refractivity contribution < 1.29 is 23.7 Å². The number of carbonyl (C=O) groups is 1. The highest BCUT2D eigenvalue weighted by Gasteiger charge is 2.33. The Hall–Kier alpha value is -4.63. The molecule has 0 radical (unpaired) electrons. The van der Waals surface area contributed by atoms with Crippen LogP contribution in [0.1, 0.15) is 31.0 Å². The Kier molecular flexibility index (Phi) is 8.64. The third-order valence-electron chi connectivity index (χ3n) is 6.47. The van der Waals surface area contributed by atoms with Crippen LogP contribution in [0.3, 0.4) is 0 Å². The quantitative estimate of drug-likeness (QED) is 0.209. The summed E-state index contributed by atoms with van der Waals surface area (Å²) >= 11 is 1.28. The number of esters is 1. The molecule has 1 aliphatic heterocycles.